The van der Waals surface area contributed by atoms with Crippen LogP contribution in [0, 0.1) is 0 Å². The summed E-state index contributed by atoms with van der Waals surface area (Å²) in [6.07, 6.45) is -5.31. The van der Waals surface area contributed by atoms with Crippen molar-refractivity contribution in [1.29, 1.82) is 0 Å². The van der Waals surface area contributed by atoms with Crippen molar-refractivity contribution in [2.24, 2.45) is 0 Å². The highest BCUT2D eigenvalue weighted by molar-refractivity contribution is 7.18. The fraction of sp³-hybridized carbons (Fsp3) is 0.250. The summed E-state index contributed by atoms with van der Waals surface area (Å²) in [6, 6.07) is 0.743. The number of fused-ring (bicyclic) bond motifs is 1. The molecule has 16 heavy (non-hydrogen) atoms. The van der Waals surface area contributed by atoms with Gasteiger partial charge in [0.1, 0.15) is 9.98 Å². The maximum Gasteiger partial charge on any atom is 0.393 e. The van der Waals surface area contributed by atoms with Gasteiger partial charge in [-0.1, -0.05) is 11.6 Å². The molecule has 0 unspecified atom stereocenters. The molecule has 8 heteroatoms. The van der Waals surface area contributed by atoms with Gasteiger partial charge in [-0.3, -0.25) is 0 Å². The van der Waals surface area contributed by atoms with Crippen LogP contribution in [0.3, 0.4) is 0 Å². The predicted molar refractivity (Wildman–Crippen MR) is 53.8 cm³/mol. The number of halogens is 4. The topological polar surface area (TPSA) is 46.0 Å². The zero-order chi connectivity index (χ0) is 11.9. The van der Waals surface area contributed by atoms with Crippen LogP contribution < -0.4 is 0 Å². The van der Waals surface area contributed by atoms with Gasteiger partial charge in [0.2, 0.25) is 0 Å². The third kappa shape index (κ3) is 2.35. The number of nitrogens with zero attached hydrogens (tertiary/aromatic N) is 2. The number of hydrogen-bond donors (Lipinski definition) is 1. The van der Waals surface area contributed by atoms with E-state index in [1.165, 1.54) is 6.07 Å². The Morgan fingerprint density at radius 2 is 2.06 bits per heavy atom. The number of aromatic nitrogens is 2. The molecule has 2 heterocycles. The molecule has 0 amide bonds. The highest BCUT2D eigenvalue weighted by Crippen LogP contribution is 2.33. The van der Waals surface area contributed by atoms with Gasteiger partial charge in [-0.25, -0.2) is 0 Å². The average Bonchev–Trinajstić information content (AvgIpc) is 2.43. The molecule has 0 spiro atoms. The van der Waals surface area contributed by atoms with Crippen LogP contribution in [0.25, 0.3) is 10.2 Å². The Morgan fingerprint density at radius 1 is 1.38 bits per heavy atom. The van der Waals surface area contributed by atoms with Crippen molar-refractivity contribution < 1.29 is 18.3 Å². The summed E-state index contributed by atoms with van der Waals surface area (Å²) in [4.78, 5) is 7.38. The van der Waals surface area contributed by atoms with Crippen LogP contribution in [0.15, 0.2) is 6.07 Å². The summed E-state index contributed by atoms with van der Waals surface area (Å²) in [5, 5.41) is 9.30. The van der Waals surface area contributed by atoms with E-state index in [-0.39, 0.29) is 14.9 Å². The molecule has 0 saturated heterocycles. The van der Waals surface area contributed by atoms with Crippen molar-refractivity contribution in [1.82, 2.24) is 9.97 Å². The van der Waals surface area contributed by atoms with E-state index in [1.807, 2.05) is 0 Å². The van der Waals surface area contributed by atoms with Crippen molar-refractivity contribution in [3.05, 3.63) is 16.1 Å². The minimum Gasteiger partial charge on any atom is -0.479 e. The summed E-state index contributed by atoms with van der Waals surface area (Å²) in [7, 11) is 0. The van der Waals surface area contributed by atoms with Gasteiger partial charge in [0.25, 0.3) is 0 Å². The van der Waals surface area contributed by atoms with E-state index in [2.05, 4.69) is 9.97 Å². The molecule has 0 fully saturated rings. The van der Waals surface area contributed by atoms with Gasteiger partial charge in [-0.05, 0) is 6.07 Å². The van der Waals surface area contributed by atoms with Crippen molar-refractivity contribution in [3.63, 3.8) is 0 Å². The lowest BCUT2D eigenvalue weighted by molar-refractivity contribution is -0.126. The molecule has 0 aliphatic rings. The first-order valence-corrected chi connectivity index (χ1v) is 5.26. The summed E-state index contributed by atoms with van der Waals surface area (Å²) >= 11 is 6.50. The minimum atomic E-state index is -4.27. The predicted octanol–water partition coefficient (Wildman–Crippen LogP) is 3.16. The Hall–Kier alpha value is -1.08. The molecule has 0 bridgehead atoms. The number of thiophene rings is 1. The molecular weight excluding hydrogens is 265 g/mol. The monoisotopic (exact) mass is 268 g/mol. The van der Waals surface area contributed by atoms with E-state index in [0.29, 0.717) is 5.39 Å². The van der Waals surface area contributed by atoms with Gasteiger partial charge in [-0.15, -0.1) is 11.3 Å². The molecule has 2 rings (SSSR count). The summed E-state index contributed by atoms with van der Waals surface area (Å²) < 4.78 is 36.4. The second kappa shape index (κ2) is 3.74. The first kappa shape index (κ1) is 11.4. The Morgan fingerprint density at radius 3 is 2.69 bits per heavy atom. The highest BCUT2D eigenvalue weighted by Gasteiger charge is 2.29. The second-order valence-electron chi connectivity index (χ2n) is 3.04. The summed E-state index contributed by atoms with van der Waals surface area (Å²) in [6.45, 7) is 0. The molecule has 0 radical (unpaired) electrons. The Kier molecular flexibility index (Phi) is 2.67. The van der Waals surface area contributed by atoms with Gasteiger partial charge < -0.3 is 5.11 Å². The minimum absolute atomic E-state index is 0.0489. The van der Waals surface area contributed by atoms with Gasteiger partial charge >= 0.3 is 12.2 Å². The number of alkyl halides is 3. The van der Waals surface area contributed by atoms with E-state index < -0.39 is 18.6 Å². The quantitative estimate of drug-likeness (QED) is 0.808. The maximum atomic E-state index is 12.1. The van der Waals surface area contributed by atoms with Gasteiger partial charge in [-0.2, -0.15) is 23.1 Å². The molecule has 0 atom stereocenters. The molecule has 2 aromatic heterocycles. The first-order chi connectivity index (χ1) is 7.35. The van der Waals surface area contributed by atoms with Crippen LogP contribution in [-0.2, 0) is 6.42 Å². The molecule has 3 nitrogen and oxygen atoms in total. The zero-order valence-electron chi connectivity index (χ0n) is 7.55. The van der Waals surface area contributed by atoms with E-state index >= 15 is 0 Å². The molecule has 1 N–H and O–H groups in total. The molecule has 0 aromatic carbocycles. The zero-order valence-corrected chi connectivity index (χ0v) is 9.12. The third-order valence-corrected chi connectivity index (χ3v) is 3.08. The van der Waals surface area contributed by atoms with Crippen LogP contribution in [0.5, 0.6) is 6.01 Å². The van der Waals surface area contributed by atoms with Gasteiger partial charge in [0.05, 0.1) is 6.42 Å². The smallest absolute Gasteiger partial charge is 0.393 e. The lowest BCUT2D eigenvalue weighted by atomic mass is 10.3. The Labute approximate surface area is 96.5 Å². The number of hydrogen-bond acceptors (Lipinski definition) is 4. The lowest BCUT2D eigenvalue weighted by Crippen LogP contribution is -2.09. The SMILES string of the molecule is Oc1nc(Cl)c2cc(CC(F)(F)F)sc2n1. The number of rotatable bonds is 1. The van der Waals surface area contributed by atoms with Crippen molar-refractivity contribution in [2.45, 2.75) is 12.6 Å². The normalized spacial score (nSPS) is 12.2. The van der Waals surface area contributed by atoms with E-state index in [9.17, 15) is 13.2 Å². The Balaban J connectivity index is 2.48. The average molecular weight is 269 g/mol. The van der Waals surface area contributed by atoms with E-state index in [1.54, 1.807) is 0 Å². The number of aromatic hydroxyl groups is 1. The molecular formula is C8H4ClF3N2OS. The molecule has 0 aliphatic heterocycles. The van der Waals surface area contributed by atoms with Crippen LogP contribution >= 0.6 is 22.9 Å². The Bertz CT molecular complexity index is 540. The molecule has 2 aromatic rings. The largest absolute Gasteiger partial charge is 0.479 e. The van der Waals surface area contributed by atoms with Crippen molar-refractivity contribution in [3.8, 4) is 6.01 Å². The standard InChI is InChI=1S/C8H4ClF3N2OS/c9-5-4-1-3(2-8(10,11)12)16-6(4)14-7(15)13-5/h1H,2H2,(H,13,14,15). The highest BCUT2D eigenvalue weighted by atomic mass is 35.5. The van der Waals surface area contributed by atoms with Crippen LogP contribution in [0.1, 0.15) is 4.88 Å². The fourth-order valence-corrected chi connectivity index (χ4v) is 2.54. The fourth-order valence-electron chi connectivity index (χ4n) is 1.21. The lowest BCUT2D eigenvalue weighted by Gasteiger charge is -2.01. The summed E-state index contributed by atoms with van der Waals surface area (Å²) in [5.41, 5.74) is 0. The van der Waals surface area contributed by atoms with Crippen molar-refractivity contribution in [2.75, 3.05) is 0 Å². The summed E-state index contributed by atoms with van der Waals surface area (Å²) in [5.74, 6) is 0. The molecule has 0 aliphatic carbocycles. The van der Waals surface area contributed by atoms with Crippen LogP contribution in [0.2, 0.25) is 5.15 Å². The van der Waals surface area contributed by atoms with Crippen molar-refractivity contribution >= 4 is 33.2 Å². The van der Waals surface area contributed by atoms with E-state index in [4.69, 9.17) is 16.7 Å². The van der Waals surface area contributed by atoms with Gasteiger partial charge in [0, 0.05) is 10.3 Å². The third-order valence-electron chi connectivity index (χ3n) is 1.76. The molecule has 0 saturated carbocycles. The van der Waals surface area contributed by atoms with Crippen LogP contribution in [0.4, 0.5) is 13.2 Å². The first-order valence-electron chi connectivity index (χ1n) is 4.07. The van der Waals surface area contributed by atoms with Crippen LogP contribution in [-0.4, -0.2) is 21.3 Å². The maximum absolute atomic E-state index is 12.1. The van der Waals surface area contributed by atoms with E-state index in [0.717, 1.165) is 11.3 Å². The molecule has 86 valence electrons. The second-order valence-corrected chi connectivity index (χ2v) is 4.51. The van der Waals surface area contributed by atoms with Gasteiger partial charge in [0.15, 0.2) is 0 Å².